The number of imidazole rings is 1. The highest BCUT2D eigenvalue weighted by atomic mass is 16.6. The number of aliphatic hydroxyl groups is 1. The molecule has 0 aliphatic carbocycles. The highest BCUT2D eigenvalue weighted by Gasteiger charge is 2.59. The Labute approximate surface area is 160 Å². The van der Waals surface area contributed by atoms with Crippen molar-refractivity contribution in [3.8, 4) is 0 Å². The Morgan fingerprint density at radius 2 is 2.14 bits per heavy atom. The lowest BCUT2D eigenvalue weighted by atomic mass is 9.91. The molecule has 144 valence electrons. The van der Waals surface area contributed by atoms with E-state index in [1.165, 1.54) is 6.33 Å². The van der Waals surface area contributed by atoms with Crippen LogP contribution in [0.4, 0.5) is 5.82 Å². The van der Waals surface area contributed by atoms with Crippen LogP contribution in [0.25, 0.3) is 11.2 Å². The quantitative estimate of drug-likeness (QED) is 0.702. The van der Waals surface area contributed by atoms with Crippen molar-refractivity contribution in [1.29, 1.82) is 0 Å². The van der Waals surface area contributed by atoms with E-state index in [4.69, 9.17) is 9.47 Å². The van der Waals surface area contributed by atoms with Gasteiger partial charge in [0.2, 0.25) is 0 Å². The van der Waals surface area contributed by atoms with Crippen LogP contribution < -0.4 is 5.32 Å². The van der Waals surface area contributed by atoms with Crippen molar-refractivity contribution in [2.75, 3.05) is 18.5 Å². The van der Waals surface area contributed by atoms with Gasteiger partial charge in [0.05, 0.1) is 19.5 Å². The number of aliphatic hydroxyl groups excluding tert-OH is 1. The smallest absolute Gasteiger partial charge is 0.256 e. The maximum absolute atomic E-state index is 12.5. The maximum Gasteiger partial charge on any atom is 0.256 e. The topological polar surface area (TPSA) is 111 Å². The summed E-state index contributed by atoms with van der Waals surface area (Å²) >= 11 is 0. The average Bonchev–Trinajstić information content (AvgIpc) is 3.39. The van der Waals surface area contributed by atoms with Gasteiger partial charge in [-0.05, 0) is 12.1 Å². The molecule has 0 spiro atoms. The molecular weight excluding hydrogens is 362 g/mol. The number of carbonyl (C=O) groups is 1. The number of rotatable bonds is 4. The molecule has 1 aromatic carbocycles. The number of anilines is 1. The second-order valence-corrected chi connectivity index (χ2v) is 7.16. The summed E-state index contributed by atoms with van der Waals surface area (Å²) in [4.78, 5) is 25.4. The number of benzene rings is 1. The molecule has 3 aromatic rings. The highest BCUT2D eigenvalue weighted by Crippen LogP contribution is 2.49. The van der Waals surface area contributed by atoms with Gasteiger partial charge in [0.25, 0.3) is 5.91 Å². The molecule has 1 amide bonds. The number of hydrogen-bond acceptors (Lipinski definition) is 7. The number of ether oxygens (including phenoxy) is 2. The van der Waals surface area contributed by atoms with E-state index >= 15 is 0 Å². The third-order valence-corrected chi connectivity index (χ3v) is 5.65. The van der Waals surface area contributed by atoms with E-state index in [-0.39, 0.29) is 24.5 Å². The lowest BCUT2D eigenvalue weighted by Gasteiger charge is -2.30. The molecule has 9 nitrogen and oxygen atoms in total. The van der Waals surface area contributed by atoms with Crippen LogP contribution >= 0.6 is 0 Å². The van der Waals surface area contributed by atoms with Crippen LogP contribution in [-0.4, -0.2) is 55.5 Å². The van der Waals surface area contributed by atoms with Gasteiger partial charge in [0.1, 0.15) is 18.0 Å². The predicted molar refractivity (Wildman–Crippen MR) is 98.6 cm³/mol. The molecule has 2 saturated heterocycles. The van der Waals surface area contributed by atoms with Crippen LogP contribution in [0.2, 0.25) is 0 Å². The summed E-state index contributed by atoms with van der Waals surface area (Å²) in [5.74, 6) is 0.0909. The van der Waals surface area contributed by atoms with Gasteiger partial charge in [-0.1, -0.05) is 25.1 Å². The van der Waals surface area contributed by atoms with Crippen LogP contribution in [0.3, 0.4) is 0 Å². The zero-order valence-corrected chi connectivity index (χ0v) is 15.1. The number of carbonyl (C=O) groups excluding carboxylic acids is 1. The first kappa shape index (κ1) is 17.2. The van der Waals surface area contributed by atoms with Gasteiger partial charge >= 0.3 is 0 Å². The van der Waals surface area contributed by atoms with Crippen molar-refractivity contribution >= 4 is 22.9 Å². The van der Waals surface area contributed by atoms with Crippen molar-refractivity contribution in [3.63, 3.8) is 0 Å². The molecule has 0 unspecified atom stereocenters. The van der Waals surface area contributed by atoms with Crippen LogP contribution in [0, 0.1) is 5.92 Å². The maximum atomic E-state index is 12.5. The number of aromatic nitrogens is 4. The lowest BCUT2D eigenvalue weighted by molar-refractivity contribution is -0.183. The Hall–Kier alpha value is -2.88. The highest BCUT2D eigenvalue weighted by molar-refractivity contribution is 6.06. The normalized spacial score (nSPS) is 28.7. The van der Waals surface area contributed by atoms with Gasteiger partial charge < -0.3 is 19.9 Å². The Bertz CT molecular complexity index is 1040. The fraction of sp³-hybridized carbons (Fsp3) is 0.368. The molecule has 4 heterocycles. The van der Waals surface area contributed by atoms with E-state index in [0.717, 1.165) is 0 Å². The second-order valence-electron chi connectivity index (χ2n) is 7.16. The summed E-state index contributed by atoms with van der Waals surface area (Å²) in [6.07, 6.45) is 2.32. The van der Waals surface area contributed by atoms with Gasteiger partial charge in [-0.15, -0.1) is 0 Å². The number of fused-ring (bicyclic) bond motifs is 3. The largest absolute Gasteiger partial charge is 0.393 e. The standard InChI is InChI=1S/C19H19N5O4/c1-11-14-18(28-19(11,7-25)8-27-14)24-10-22-13-15(20-9-21-16(13)24)23-17(26)12-5-3-2-4-6-12/h2-6,9-11,14,18,25H,7-8H2,1H3,(H,20,21,23,26)/t11-,14+,18+,19-/m0/s1. The summed E-state index contributed by atoms with van der Waals surface area (Å²) in [7, 11) is 0. The molecule has 0 radical (unpaired) electrons. The number of nitrogens with one attached hydrogen (secondary N) is 1. The minimum Gasteiger partial charge on any atom is -0.393 e. The fourth-order valence-electron chi connectivity index (χ4n) is 3.93. The van der Waals surface area contributed by atoms with E-state index in [2.05, 4.69) is 20.3 Å². The third kappa shape index (κ3) is 2.44. The fourth-order valence-corrected chi connectivity index (χ4v) is 3.93. The summed E-state index contributed by atoms with van der Waals surface area (Å²) in [5, 5.41) is 12.6. The van der Waals surface area contributed by atoms with Crippen molar-refractivity contribution in [3.05, 3.63) is 48.5 Å². The van der Waals surface area contributed by atoms with E-state index in [1.54, 1.807) is 35.2 Å². The van der Waals surface area contributed by atoms with Gasteiger partial charge in [-0.3, -0.25) is 9.36 Å². The average molecular weight is 381 g/mol. The van der Waals surface area contributed by atoms with E-state index in [9.17, 15) is 9.90 Å². The number of hydrogen-bond donors (Lipinski definition) is 2. The van der Waals surface area contributed by atoms with Crippen molar-refractivity contribution < 1.29 is 19.4 Å². The van der Waals surface area contributed by atoms with Gasteiger partial charge in [-0.25, -0.2) is 15.0 Å². The molecule has 2 fully saturated rings. The van der Waals surface area contributed by atoms with Crippen molar-refractivity contribution in [2.45, 2.75) is 24.9 Å². The zero-order valence-electron chi connectivity index (χ0n) is 15.1. The Morgan fingerprint density at radius 3 is 2.89 bits per heavy atom. The van der Waals surface area contributed by atoms with Gasteiger partial charge in [0, 0.05) is 11.5 Å². The number of nitrogens with zero attached hydrogens (tertiary/aromatic N) is 4. The van der Waals surface area contributed by atoms with Gasteiger partial charge in [0.15, 0.2) is 23.2 Å². The molecule has 2 bridgehead atoms. The Morgan fingerprint density at radius 1 is 1.32 bits per heavy atom. The third-order valence-electron chi connectivity index (χ3n) is 5.65. The molecule has 28 heavy (non-hydrogen) atoms. The van der Waals surface area contributed by atoms with E-state index in [1.807, 2.05) is 13.0 Å². The first-order valence-corrected chi connectivity index (χ1v) is 9.07. The molecular formula is C19H19N5O4. The number of amides is 1. The van der Waals surface area contributed by atoms with Gasteiger partial charge in [-0.2, -0.15) is 0 Å². The molecule has 0 saturated carbocycles. The minimum atomic E-state index is -0.705. The second kappa shape index (κ2) is 6.33. The van der Waals surface area contributed by atoms with Crippen LogP contribution in [-0.2, 0) is 9.47 Å². The van der Waals surface area contributed by atoms with E-state index in [0.29, 0.717) is 29.2 Å². The van der Waals surface area contributed by atoms with E-state index < -0.39 is 11.8 Å². The SMILES string of the molecule is C[C@H]1[C@H]2OC[C@]1(CO)O[C@H]2n1cnc2c(NC(=O)c3ccccc3)ncnc21. The molecule has 9 heteroatoms. The Balaban J connectivity index is 1.48. The summed E-state index contributed by atoms with van der Waals surface area (Å²) < 4.78 is 13.8. The predicted octanol–water partition coefficient (Wildman–Crippen LogP) is 1.37. The minimum absolute atomic E-state index is 0.0408. The van der Waals surface area contributed by atoms with Crippen LogP contribution in [0.15, 0.2) is 43.0 Å². The first-order chi connectivity index (χ1) is 13.6. The Kier molecular flexibility index (Phi) is 3.90. The summed E-state index contributed by atoms with van der Waals surface area (Å²) in [6, 6.07) is 8.89. The molecule has 2 aliphatic rings. The molecule has 5 rings (SSSR count). The van der Waals surface area contributed by atoms with Crippen molar-refractivity contribution in [2.24, 2.45) is 5.92 Å². The first-order valence-electron chi connectivity index (χ1n) is 9.07. The van der Waals surface area contributed by atoms with Crippen LogP contribution in [0.1, 0.15) is 23.5 Å². The van der Waals surface area contributed by atoms with Crippen molar-refractivity contribution in [1.82, 2.24) is 19.5 Å². The summed E-state index contributed by atoms with van der Waals surface area (Å²) in [6.45, 7) is 2.26. The lowest BCUT2D eigenvalue weighted by Crippen LogP contribution is -2.40. The molecule has 4 atom stereocenters. The molecule has 2 aromatic heterocycles. The zero-order chi connectivity index (χ0) is 19.3. The molecule has 2 N–H and O–H groups in total. The summed E-state index contributed by atoms with van der Waals surface area (Å²) in [5.41, 5.74) is 0.810. The molecule has 2 aliphatic heterocycles. The monoisotopic (exact) mass is 381 g/mol. The van der Waals surface area contributed by atoms with Crippen LogP contribution in [0.5, 0.6) is 0 Å².